The van der Waals surface area contributed by atoms with Gasteiger partial charge in [-0.1, -0.05) is 0 Å². The third-order valence-electron chi connectivity index (χ3n) is 3.88. The quantitative estimate of drug-likeness (QED) is 0.890. The Balaban J connectivity index is 1.57. The Morgan fingerprint density at radius 3 is 3.11 bits per heavy atom. The first-order valence-corrected chi connectivity index (χ1v) is 7.10. The van der Waals surface area contributed by atoms with Gasteiger partial charge in [0, 0.05) is 50.3 Å². The molecular weight excluding hydrogens is 238 g/mol. The molecule has 0 saturated heterocycles. The highest BCUT2D eigenvalue weighted by Gasteiger charge is 2.20. The van der Waals surface area contributed by atoms with Gasteiger partial charge in [-0.15, -0.1) is 0 Å². The van der Waals surface area contributed by atoms with Crippen molar-refractivity contribution in [3.63, 3.8) is 0 Å². The first kappa shape index (κ1) is 12.4. The summed E-state index contributed by atoms with van der Waals surface area (Å²) in [4.78, 5) is 8.87. The van der Waals surface area contributed by atoms with E-state index in [1.165, 1.54) is 18.7 Å². The van der Waals surface area contributed by atoms with Crippen LogP contribution in [0.15, 0.2) is 24.8 Å². The molecule has 0 amide bonds. The zero-order valence-corrected chi connectivity index (χ0v) is 11.4. The summed E-state index contributed by atoms with van der Waals surface area (Å²) >= 11 is 0. The molecule has 19 heavy (non-hydrogen) atoms. The molecule has 3 heterocycles. The molecular formula is C14H21N5. The topological polar surface area (TPSA) is 47.7 Å². The molecule has 102 valence electrons. The maximum Gasteiger partial charge on any atom is 0.122 e. The largest absolute Gasteiger partial charge is 0.335 e. The maximum atomic E-state index is 4.49. The van der Waals surface area contributed by atoms with Gasteiger partial charge >= 0.3 is 0 Å². The van der Waals surface area contributed by atoms with Gasteiger partial charge in [-0.3, -0.25) is 0 Å². The Hall–Kier alpha value is -1.62. The molecule has 1 N–H and O–H groups in total. The van der Waals surface area contributed by atoms with Crippen molar-refractivity contribution in [2.45, 2.75) is 45.3 Å². The lowest BCUT2D eigenvalue weighted by atomic mass is 9.99. The van der Waals surface area contributed by atoms with E-state index >= 15 is 0 Å². The number of hydrogen-bond donors (Lipinski definition) is 1. The lowest BCUT2D eigenvalue weighted by Crippen LogP contribution is -2.27. The molecule has 0 fully saturated rings. The standard InChI is InChI=1S/C14H21N5/c1-2-18-8-5-16-13(18)11-15-10-12-4-3-7-19-9-6-17-14(12)19/h5-6,8-9,12,15H,2-4,7,10-11H2,1H3/t12-/m1/s1. The van der Waals surface area contributed by atoms with Gasteiger partial charge in [0.2, 0.25) is 0 Å². The molecule has 1 aliphatic heterocycles. The van der Waals surface area contributed by atoms with Crippen molar-refractivity contribution in [2.24, 2.45) is 0 Å². The second-order valence-electron chi connectivity index (χ2n) is 5.08. The Kier molecular flexibility index (Phi) is 3.64. The normalized spacial score (nSPS) is 18.5. The van der Waals surface area contributed by atoms with E-state index in [1.54, 1.807) is 0 Å². The average Bonchev–Trinajstić information content (AvgIpc) is 3.07. The van der Waals surface area contributed by atoms with E-state index < -0.39 is 0 Å². The van der Waals surface area contributed by atoms with Crippen LogP contribution >= 0.6 is 0 Å². The van der Waals surface area contributed by atoms with Crippen molar-refractivity contribution in [3.05, 3.63) is 36.4 Å². The maximum absolute atomic E-state index is 4.49. The van der Waals surface area contributed by atoms with Gasteiger partial charge in [0.1, 0.15) is 11.6 Å². The average molecular weight is 259 g/mol. The summed E-state index contributed by atoms with van der Waals surface area (Å²) in [7, 11) is 0. The summed E-state index contributed by atoms with van der Waals surface area (Å²) in [6, 6.07) is 0. The number of fused-ring (bicyclic) bond motifs is 1. The molecule has 0 bridgehead atoms. The molecule has 0 spiro atoms. The predicted molar refractivity (Wildman–Crippen MR) is 73.8 cm³/mol. The number of imidazole rings is 2. The Morgan fingerprint density at radius 2 is 2.21 bits per heavy atom. The molecule has 3 rings (SSSR count). The van der Waals surface area contributed by atoms with Crippen LogP contribution in [0.2, 0.25) is 0 Å². The zero-order chi connectivity index (χ0) is 13.1. The van der Waals surface area contributed by atoms with Crippen molar-refractivity contribution in [2.75, 3.05) is 6.54 Å². The fourth-order valence-electron chi connectivity index (χ4n) is 2.85. The van der Waals surface area contributed by atoms with Gasteiger partial charge < -0.3 is 14.5 Å². The smallest absolute Gasteiger partial charge is 0.122 e. The van der Waals surface area contributed by atoms with Crippen LogP contribution in [0.3, 0.4) is 0 Å². The minimum atomic E-state index is 0.536. The van der Waals surface area contributed by atoms with E-state index in [-0.39, 0.29) is 0 Å². The van der Waals surface area contributed by atoms with Crippen molar-refractivity contribution >= 4 is 0 Å². The second-order valence-corrected chi connectivity index (χ2v) is 5.08. The van der Waals surface area contributed by atoms with E-state index in [9.17, 15) is 0 Å². The minimum absolute atomic E-state index is 0.536. The Labute approximate surface area is 113 Å². The number of aromatic nitrogens is 4. The van der Waals surface area contributed by atoms with Crippen molar-refractivity contribution in [1.82, 2.24) is 24.4 Å². The molecule has 2 aromatic rings. The fraction of sp³-hybridized carbons (Fsp3) is 0.571. The van der Waals surface area contributed by atoms with Crippen LogP contribution in [-0.2, 0) is 19.6 Å². The van der Waals surface area contributed by atoms with Crippen LogP contribution in [0.4, 0.5) is 0 Å². The molecule has 5 heteroatoms. The third kappa shape index (κ3) is 2.56. The fourth-order valence-corrected chi connectivity index (χ4v) is 2.85. The Bertz CT molecular complexity index is 527. The predicted octanol–water partition coefficient (Wildman–Crippen LogP) is 1.77. The van der Waals surface area contributed by atoms with Crippen LogP contribution in [0.5, 0.6) is 0 Å². The van der Waals surface area contributed by atoms with Crippen LogP contribution in [0, 0.1) is 0 Å². The Morgan fingerprint density at radius 1 is 1.32 bits per heavy atom. The SMILES string of the molecule is CCn1ccnc1CNC[C@H]1CCCn2ccnc21. The van der Waals surface area contributed by atoms with Crippen LogP contribution in [0.25, 0.3) is 0 Å². The molecule has 2 aromatic heterocycles. The number of hydrogen-bond acceptors (Lipinski definition) is 3. The monoisotopic (exact) mass is 259 g/mol. The molecule has 0 aromatic carbocycles. The van der Waals surface area contributed by atoms with Crippen LogP contribution in [0.1, 0.15) is 37.3 Å². The molecule has 1 atom stereocenters. The summed E-state index contributed by atoms with van der Waals surface area (Å²) in [6.07, 6.45) is 10.4. The summed E-state index contributed by atoms with van der Waals surface area (Å²) in [5.74, 6) is 2.88. The first-order chi connectivity index (χ1) is 9.38. The van der Waals surface area contributed by atoms with E-state index in [1.807, 2.05) is 18.6 Å². The molecule has 0 aliphatic carbocycles. The summed E-state index contributed by atoms with van der Waals surface area (Å²) in [5, 5.41) is 3.53. The molecule has 5 nitrogen and oxygen atoms in total. The lowest BCUT2D eigenvalue weighted by molar-refractivity contribution is 0.419. The van der Waals surface area contributed by atoms with Gasteiger partial charge in [-0.2, -0.15) is 0 Å². The van der Waals surface area contributed by atoms with E-state index in [0.717, 1.165) is 32.0 Å². The highest BCUT2D eigenvalue weighted by molar-refractivity contribution is 5.04. The number of rotatable bonds is 5. The van der Waals surface area contributed by atoms with Crippen LogP contribution < -0.4 is 5.32 Å². The van der Waals surface area contributed by atoms with Crippen molar-refractivity contribution in [3.8, 4) is 0 Å². The van der Waals surface area contributed by atoms with Gasteiger partial charge in [0.15, 0.2) is 0 Å². The van der Waals surface area contributed by atoms with Crippen LogP contribution in [-0.4, -0.2) is 25.6 Å². The zero-order valence-electron chi connectivity index (χ0n) is 11.4. The number of aryl methyl sites for hydroxylation is 2. The van der Waals surface area contributed by atoms with Gasteiger partial charge in [-0.25, -0.2) is 9.97 Å². The van der Waals surface area contributed by atoms with E-state index in [4.69, 9.17) is 0 Å². The second kappa shape index (κ2) is 5.57. The third-order valence-corrected chi connectivity index (χ3v) is 3.88. The molecule has 1 aliphatic rings. The van der Waals surface area contributed by atoms with E-state index in [2.05, 4.69) is 37.5 Å². The van der Waals surface area contributed by atoms with Gasteiger partial charge in [0.25, 0.3) is 0 Å². The summed E-state index contributed by atoms with van der Waals surface area (Å²) < 4.78 is 4.46. The highest BCUT2D eigenvalue weighted by Crippen LogP contribution is 2.24. The number of nitrogens with one attached hydrogen (secondary N) is 1. The first-order valence-electron chi connectivity index (χ1n) is 7.10. The van der Waals surface area contributed by atoms with Crippen molar-refractivity contribution < 1.29 is 0 Å². The van der Waals surface area contributed by atoms with Crippen molar-refractivity contribution in [1.29, 1.82) is 0 Å². The molecule has 0 radical (unpaired) electrons. The van der Waals surface area contributed by atoms with E-state index in [0.29, 0.717) is 5.92 Å². The molecule has 0 unspecified atom stereocenters. The summed E-state index contributed by atoms with van der Waals surface area (Å²) in [5.41, 5.74) is 0. The highest BCUT2D eigenvalue weighted by atomic mass is 15.1. The summed E-state index contributed by atoms with van der Waals surface area (Å²) in [6.45, 7) is 6.05. The number of nitrogens with zero attached hydrogens (tertiary/aromatic N) is 4. The minimum Gasteiger partial charge on any atom is -0.335 e. The lowest BCUT2D eigenvalue weighted by Gasteiger charge is -2.23. The molecule has 0 saturated carbocycles. The van der Waals surface area contributed by atoms with Gasteiger partial charge in [-0.05, 0) is 19.8 Å². The van der Waals surface area contributed by atoms with Gasteiger partial charge in [0.05, 0.1) is 6.54 Å².